The number of hydrogen-bond donors (Lipinski definition) is 1. The Hall–Kier alpha value is -2.71. The molecule has 30 heavy (non-hydrogen) atoms. The van der Waals surface area contributed by atoms with E-state index in [1.807, 2.05) is 50.2 Å². The Bertz CT molecular complexity index is 992. The second-order valence-corrected chi connectivity index (χ2v) is 8.66. The van der Waals surface area contributed by atoms with Gasteiger partial charge in [-0.15, -0.1) is 11.3 Å². The third-order valence-corrected chi connectivity index (χ3v) is 6.14. The van der Waals surface area contributed by atoms with E-state index in [9.17, 15) is 4.79 Å². The Kier molecular flexibility index (Phi) is 6.44. The number of hydrogen-bond acceptors (Lipinski definition) is 7. The molecule has 158 valence electrons. The summed E-state index contributed by atoms with van der Waals surface area (Å²) in [5.41, 5.74) is 0.833. The van der Waals surface area contributed by atoms with Gasteiger partial charge in [0.2, 0.25) is 11.7 Å². The first-order valence-electron chi connectivity index (χ1n) is 10.3. The summed E-state index contributed by atoms with van der Waals surface area (Å²) in [6.45, 7) is 6.90. The van der Waals surface area contributed by atoms with Gasteiger partial charge < -0.3 is 14.6 Å². The van der Waals surface area contributed by atoms with Crippen LogP contribution in [0.25, 0.3) is 11.4 Å². The average Bonchev–Trinajstić information content (AvgIpc) is 3.39. The van der Waals surface area contributed by atoms with Crippen LogP contribution in [0.15, 0.2) is 40.9 Å². The number of nitrogens with one attached hydrogen (secondary N) is 1. The number of piperidine rings is 1. The third kappa shape index (κ3) is 4.88. The zero-order valence-corrected chi connectivity index (χ0v) is 18.1. The van der Waals surface area contributed by atoms with Gasteiger partial charge in [-0.1, -0.05) is 17.3 Å². The van der Waals surface area contributed by atoms with E-state index >= 15 is 0 Å². The predicted molar refractivity (Wildman–Crippen MR) is 116 cm³/mol. The van der Waals surface area contributed by atoms with E-state index in [-0.39, 0.29) is 11.9 Å². The number of likely N-dealkylation sites (tertiary alicyclic amines) is 1. The number of benzene rings is 1. The van der Waals surface area contributed by atoms with Crippen molar-refractivity contribution in [1.29, 1.82) is 0 Å². The largest absolute Gasteiger partial charge is 0.493 e. The highest BCUT2D eigenvalue weighted by Crippen LogP contribution is 2.28. The van der Waals surface area contributed by atoms with Gasteiger partial charge in [-0.05, 0) is 51.0 Å². The lowest BCUT2D eigenvalue weighted by Crippen LogP contribution is -2.44. The summed E-state index contributed by atoms with van der Waals surface area (Å²) in [6, 6.07) is 11.8. The molecule has 2 aromatic heterocycles. The van der Waals surface area contributed by atoms with E-state index < -0.39 is 0 Å². The highest BCUT2D eigenvalue weighted by Gasteiger charge is 2.23. The minimum Gasteiger partial charge on any atom is -0.493 e. The molecule has 0 atom stereocenters. The van der Waals surface area contributed by atoms with Gasteiger partial charge >= 0.3 is 0 Å². The number of thiophene rings is 1. The molecule has 0 unspecified atom stereocenters. The number of aromatic nitrogens is 2. The average molecular weight is 427 g/mol. The molecule has 3 heterocycles. The maximum atomic E-state index is 12.4. The second kappa shape index (κ2) is 9.40. The number of rotatable bonds is 7. The van der Waals surface area contributed by atoms with Crippen molar-refractivity contribution in [3.05, 3.63) is 52.0 Å². The predicted octanol–water partition coefficient (Wildman–Crippen LogP) is 3.90. The van der Waals surface area contributed by atoms with Crippen LogP contribution in [0.1, 0.15) is 40.2 Å². The van der Waals surface area contributed by atoms with E-state index in [1.165, 1.54) is 11.3 Å². The molecule has 0 bridgehead atoms. The van der Waals surface area contributed by atoms with Crippen molar-refractivity contribution in [2.45, 2.75) is 39.3 Å². The smallest absolute Gasteiger partial charge is 0.261 e. The second-order valence-electron chi connectivity index (χ2n) is 7.38. The van der Waals surface area contributed by atoms with Gasteiger partial charge in [0.25, 0.3) is 5.91 Å². The first-order chi connectivity index (χ1) is 14.6. The number of aryl methyl sites for hydroxylation is 1. The molecule has 1 amide bonds. The van der Waals surface area contributed by atoms with Crippen LogP contribution in [0.4, 0.5) is 0 Å². The fraction of sp³-hybridized carbons (Fsp3) is 0.409. The highest BCUT2D eigenvalue weighted by molar-refractivity contribution is 7.13. The quantitative estimate of drug-likeness (QED) is 0.617. The zero-order chi connectivity index (χ0) is 20.9. The Morgan fingerprint density at radius 2 is 2.07 bits per heavy atom. The van der Waals surface area contributed by atoms with Crippen molar-refractivity contribution < 1.29 is 14.1 Å². The standard InChI is InChI=1S/C22H26N4O3S/c1-3-28-18-7-5-4-6-17(18)21-24-20(29-25-21)14-26-12-10-16(11-13-26)23-22(27)19-9-8-15(2)30-19/h4-9,16H,3,10-14H2,1-2H3,(H,23,27). The van der Waals surface area contributed by atoms with Gasteiger partial charge in [-0.2, -0.15) is 4.98 Å². The summed E-state index contributed by atoms with van der Waals surface area (Å²) < 4.78 is 11.1. The molecular formula is C22H26N4O3S. The van der Waals surface area contributed by atoms with Crippen molar-refractivity contribution in [2.24, 2.45) is 0 Å². The molecule has 1 aromatic carbocycles. The van der Waals surface area contributed by atoms with Crippen molar-refractivity contribution in [2.75, 3.05) is 19.7 Å². The summed E-state index contributed by atoms with van der Waals surface area (Å²) >= 11 is 1.53. The lowest BCUT2D eigenvalue weighted by molar-refractivity contribution is 0.0908. The van der Waals surface area contributed by atoms with Gasteiger partial charge in [0.05, 0.1) is 23.6 Å². The van der Waals surface area contributed by atoms with Crippen LogP contribution in [0.2, 0.25) is 0 Å². The minimum atomic E-state index is 0.0288. The van der Waals surface area contributed by atoms with E-state index in [1.54, 1.807) is 0 Å². The van der Waals surface area contributed by atoms with Crippen molar-refractivity contribution in [3.8, 4) is 17.1 Å². The van der Waals surface area contributed by atoms with Gasteiger partial charge in [0, 0.05) is 24.0 Å². The molecule has 4 rings (SSSR count). The fourth-order valence-corrected chi connectivity index (χ4v) is 4.37. The number of nitrogens with zero attached hydrogens (tertiary/aromatic N) is 3. The van der Waals surface area contributed by atoms with Crippen LogP contribution in [0, 0.1) is 6.92 Å². The maximum absolute atomic E-state index is 12.4. The first-order valence-corrected chi connectivity index (χ1v) is 11.1. The van der Waals surface area contributed by atoms with E-state index in [4.69, 9.17) is 9.26 Å². The monoisotopic (exact) mass is 426 g/mol. The molecule has 0 saturated carbocycles. The number of para-hydroxylation sites is 1. The highest BCUT2D eigenvalue weighted by atomic mass is 32.1. The third-order valence-electron chi connectivity index (χ3n) is 5.14. The summed E-state index contributed by atoms with van der Waals surface area (Å²) in [4.78, 5) is 21.1. The summed E-state index contributed by atoms with van der Waals surface area (Å²) in [6.07, 6.45) is 1.81. The Morgan fingerprint density at radius 1 is 1.27 bits per heavy atom. The first kappa shape index (κ1) is 20.6. The Morgan fingerprint density at radius 3 is 2.80 bits per heavy atom. The van der Waals surface area contributed by atoms with E-state index in [0.29, 0.717) is 24.9 Å². The van der Waals surface area contributed by atoms with Crippen molar-refractivity contribution in [1.82, 2.24) is 20.4 Å². The SMILES string of the molecule is CCOc1ccccc1-c1noc(CN2CCC(NC(=O)c3ccc(C)s3)CC2)n1. The van der Waals surface area contributed by atoms with Gasteiger partial charge in [0.15, 0.2) is 0 Å². The van der Waals surface area contributed by atoms with Crippen molar-refractivity contribution >= 4 is 17.2 Å². The van der Waals surface area contributed by atoms with Gasteiger partial charge in [-0.25, -0.2) is 0 Å². The molecule has 0 radical (unpaired) electrons. The number of carbonyl (C=O) groups excluding carboxylic acids is 1. The molecule has 3 aromatic rings. The Labute approximate surface area is 180 Å². The summed E-state index contributed by atoms with van der Waals surface area (Å²) in [7, 11) is 0. The molecular weight excluding hydrogens is 400 g/mol. The number of ether oxygens (including phenoxy) is 1. The van der Waals surface area contributed by atoms with Gasteiger partial charge in [0.1, 0.15) is 5.75 Å². The van der Waals surface area contributed by atoms with E-state index in [0.717, 1.165) is 47.0 Å². The lowest BCUT2D eigenvalue weighted by Gasteiger charge is -2.31. The number of carbonyl (C=O) groups is 1. The molecule has 1 aliphatic rings. The molecule has 1 N–H and O–H groups in total. The Balaban J connectivity index is 1.30. The maximum Gasteiger partial charge on any atom is 0.261 e. The molecule has 0 spiro atoms. The van der Waals surface area contributed by atoms with Crippen molar-refractivity contribution in [3.63, 3.8) is 0 Å². The van der Waals surface area contributed by atoms with Gasteiger partial charge in [-0.3, -0.25) is 9.69 Å². The molecule has 7 nitrogen and oxygen atoms in total. The molecule has 1 fully saturated rings. The molecule has 0 aliphatic carbocycles. The van der Waals surface area contributed by atoms with Crippen LogP contribution in [-0.4, -0.2) is 46.7 Å². The van der Waals surface area contributed by atoms with Crippen LogP contribution in [0.5, 0.6) is 5.75 Å². The summed E-state index contributed by atoms with van der Waals surface area (Å²) in [5, 5.41) is 7.29. The number of amides is 1. The molecule has 8 heteroatoms. The molecule has 1 saturated heterocycles. The van der Waals surface area contributed by atoms with Crippen LogP contribution in [0.3, 0.4) is 0 Å². The zero-order valence-electron chi connectivity index (χ0n) is 17.3. The topological polar surface area (TPSA) is 80.5 Å². The minimum absolute atomic E-state index is 0.0288. The van der Waals surface area contributed by atoms with E-state index in [2.05, 4.69) is 20.4 Å². The van der Waals surface area contributed by atoms with Crippen LogP contribution in [-0.2, 0) is 6.54 Å². The van der Waals surface area contributed by atoms with Crippen LogP contribution < -0.4 is 10.1 Å². The normalized spacial score (nSPS) is 15.3. The fourth-order valence-electron chi connectivity index (χ4n) is 3.60. The lowest BCUT2D eigenvalue weighted by atomic mass is 10.0. The summed E-state index contributed by atoms with van der Waals surface area (Å²) in [5.74, 6) is 1.92. The molecule has 1 aliphatic heterocycles. The van der Waals surface area contributed by atoms with Crippen LogP contribution >= 0.6 is 11.3 Å².